The zero-order valence-corrected chi connectivity index (χ0v) is 12.9. The fraction of sp³-hybridized carbons (Fsp3) is 0.438. The Hall–Kier alpha value is -1.85. The molecule has 2 aromatic rings. The Morgan fingerprint density at radius 3 is 2.90 bits per heavy atom. The first-order valence-corrected chi connectivity index (χ1v) is 7.06. The minimum absolute atomic E-state index is 0.292. The summed E-state index contributed by atoms with van der Waals surface area (Å²) in [6.45, 7) is 3.63. The summed E-state index contributed by atoms with van der Waals surface area (Å²) in [6.07, 6.45) is 3.30. The first-order chi connectivity index (χ1) is 10.0. The Morgan fingerprint density at radius 1 is 1.43 bits per heavy atom. The van der Waals surface area contributed by atoms with Crippen LogP contribution in [-0.2, 0) is 13.6 Å². The number of likely N-dealkylation sites (N-methyl/N-ethyl adjacent to an activating group) is 1. The Morgan fingerprint density at radius 2 is 2.24 bits per heavy atom. The van der Waals surface area contributed by atoms with Crippen molar-refractivity contribution in [3.05, 3.63) is 47.8 Å². The summed E-state index contributed by atoms with van der Waals surface area (Å²) in [4.78, 5) is 2.06. The average molecular weight is 289 g/mol. The highest BCUT2D eigenvalue weighted by Crippen LogP contribution is 2.12. The second-order valence-corrected chi connectivity index (χ2v) is 5.50. The van der Waals surface area contributed by atoms with E-state index < -0.39 is 6.10 Å². The Balaban J connectivity index is 1.74. The smallest absolute Gasteiger partial charge is 0.119 e. The number of ether oxygens (including phenoxy) is 1. The summed E-state index contributed by atoms with van der Waals surface area (Å²) in [7, 11) is 3.87. The van der Waals surface area contributed by atoms with Crippen LogP contribution in [-0.4, -0.2) is 46.1 Å². The third-order valence-corrected chi connectivity index (χ3v) is 3.17. The topological polar surface area (TPSA) is 50.5 Å². The van der Waals surface area contributed by atoms with Crippen molar-refractivity contribution in [3.63, 3.8) is 0 Å². The third-order valence-electron chi connectivity index (χ3n) is 3.17. The van der Waals surface area contributed by atoms with Gasteiger partial charge in [0.15, 0.2) is 0 Å². The molecule has 21 heavy (non-hydrogen) atoms. The van der Waals surface area contributed by atoms with Crippen LogP contribution in [0.2, 0.25) is 0 Å². The van der Waals surface area contributed by atoms with E-state index in [9.17, 15) is 5.11 Å². The molecule has 0 bridgehead atoms. The Bertz CT molecular complexity index is 568. The summed E-state index contributed by atoms with van der Waals surface area (Å²) in [5, 5.41) is 14.2. The van der Waals surface area contributed by atoms with Crippen LogP contribution in [0.25, 0.3) is 0 Å². The Labute approximate surface area is 125 Å². The highest BCUT2D eigenvalue weighted by atomic mass is 16.5. The highest BCUT2D eigenvalue weighted by molar-refractivity contribution is 5.27. The van der Waals surface area contributed by atoms with Gasteiger partial charge in [0, 0.05) is 31.9 Å². The molecule has 0 spiro atoms. The van der Waals surface area contributed by atoms with Crippen LogP contribution in [0.5, 0.6) is 5.75 Å². The van der Waals surface area contributed by atoms with E-state index in [1.165, 1.54) is 0 Å². The molecule has 0 aliphatic carbocycles. The van der Waals surface area contributed by atoms with E-state index in [0.29, 0.717) is 13.2 Å². The molecule has 0 aliphatic heterocycles. The number of nitrogens with zero attached hydrogens (tertiary/aromatic N) is 3. The SMILES string of the molecule is Cc1cccc(OCC(O)CN(C)Cc2cnn(C)c2)c1. The summed E-state index contributed by atoms with van der Waals surface area (Å²) in [5.41, 5.74) is 2.28. The van der Waals surface area contributed by atoms with Gasteiger partial charge in [-0.25, -0.2) is 0 Å². The first kappa shape index (κ1) is 15.5. The largest absolute Gasteiger partial charge is 0.491 e. The Kier molecular flexibility index (Phi) is 5.36. The quantitative estimate of drug-likeness (QED) is 0.841. The molecule has 1 N–H and O–H groups in total. The minimum atomic E-state index is -0.521. The lowest BCUT2D eigenvalue weighted by Gasteiger charge is -2.20. The summed E-state index contributed by atoms with van der Waals surface area (Å²) >= 11 is 0. The molecule has 5 nitrogen and oxygen atoms in total. The van der Waals surface area contributed by atoms with E-state index in [-0.39, 0.29) is 0 Å². The van der Waals surface area contributed by atoms with E-state index in [1.54, 1.807) is 4.68 Å². The summed E-state index contributed by atoms with van der Waals surface area (Å²) < 4.78 is 7.39. The second kappa shape index (κ2) is 7.24. The van der Waals surface area contributed by atoms with Gasteiger partial charge >= 0.3 is 0 Å². The van der Waals surface area contributed by atoms with Gasteiger partial charge in [-0.3, -0.25) is 9.58 Å². The lowest BCUT2D eigenvalue weighted by molar-refractivity contribution is 0.0743. The minimum Gasteiger partial charge on any atom is -0.491 e. The maximum Gasteiger partial charge on any atom is 0.119 e. The van der Waals surface area contributed by atoms with Crippen LogP contribution in [0.4, 0.5) is 0 Å². The fourth-order valence-electron chi connectivity index (χ4n) is 2.24. The summed E-state index contributed by atoms with van der Waals surface area (Å²) in [5.74, 6) is 0.795. The molecule has 0 radical (unpaired) electrons. The zero-order chi connectivity index (χ0) is 15.2. The van der Waals surface area contributed by atoms with Crippen molar-refractivity contribution >= 4 is 0 Å². The predicted octanol–water partition coefficient (Wildman–Crippen LogP) is 1.60. The van der Waals surface area contributed by atoms with Gasteiger partial charge in [-0.15, -0.1) is 0 Å². The lowest BCUT2D eigenvalue weighted by atomic mass is 10.2. The van der Waals surface area contributed by atoms with Gasteiger partial charge in [-0.05, 0) is 31.7 Å². The standard InChI is InChI=1S/C16H23N3O2/c1-13-5-4-6-16(7-13)21-12-15(20)11-18(2)9-14-8-17-19(3)10-14/h4-8,10,15,20H,9,11-12H2,1-3H3. The van der Waals surface area contributed by atoms with Gasteiger partial charge < -0.3 is 9.84 Å². The van der Waals surface area contributed by atoms with Gasteiger partial charge in [0.1, 0.15) is 18.5 Å². The van der Waals surface area contributed by atoms with E-state index in [4.69, 9.17) is 4.74 Å². The molecule has 0 saturated carbocycles. The van der Waals surface area contributed by atoms with Crippen LogP contribution >= 0.6 is 0 Å². The second-order valence-electron chi connectivity index (χ2n) is 5.50. The van der Waals surface area contributed by atoms with Crippen molar-refractivity contribution in [1.82, 2.24) is 14.7 Å². The van der Waals surface area contributed by atoms with Crippen molar-refractivity contribution < 1.29 is 9.84 Å². The summed E-state index contributed by atoms with van der Waals surface area (Å²) in [6, 6.07) is 7.84. The normalized spacial score (nSPS) is 12.6. The maximum absolute atomic E-state index is 10.0. The molecule has 1 atom stereocenters. The van der Waals surface area contributed by atoms with Crippen LogP contribution in [0.15, 0.2) is 36.7 Å². The van der Waals surface area contributed by atoms with Crippen molar-refractivity contribution in [1.29, 1.82) is 0 Å². The zero-order valence-electron chi connectivity index (χ0n) is 12.9. The van der Waals surface area contributed by atoms with Crippen molar-refractivity contribution in [2.45, 2.75) is 19.6 Å². The van der Waals surface area contributed by atoms with Crippen LogP contribution in [0.1, 0.15) is 11.1 Å². The number of hydrogen-bond donors (Lipinski definition) is 1. The fourth-order valence-corrected chi connectivity index (χ4v) is 2.24. The van der Waals surface area contributed by atoms with Crippen molar-refractivity contribution in [2.75, 3.05) is 20.2 Å². The molecule has 1 aromatic heterocycles. The molecule has 0 amide bonds. The number of rotatable bonds is 7. The molecule has 2 rings (SSSR count). The monoisotopic (exact) mass is 289 g/mol. The molecular weight excluding hydrogens is 266 g/mol. The van der Waals surface area contributed by atoms with E-state index in [2.05, 4.69) is 10.00 Å². The first-order valence-electron chi connectivity index (χ1n) is 7.06. The van der Waals surface area contributed by atoms with E-state index in [1.807, 2.05) is 57.7 Å². The highest BCUT2D eigenvalue weighted by Gasteiger charge is 2.10. The maximum atomic E-state index is 10.0. The molecule has 5 heteroatoms. The van der Waals surface area contributed by atoms with E-state index >= 15 is 0 Å². The number of aryl methyl sites for hydroxylation is 2. The van der Waals surface area contributed by atoms with Crippen LogP contribution in [0.3, 0.4) is 0 Å². The van der Waals surface area contributed by atoms with Crippen molar-refractivity contribution in [2.24, 2.45) is 7.05 Å². The number of aromatic nitrogens is 2. The lowest BCUT2D eigenvalue weighted by Crippen LogP contribution is -2.32. The molecule has 1 aromatic carbocycles. The van der Waals surface area contributed by atoms with Gasteiger partial charge in [0.2, 0.25) is 0 Å². The molecule has 114 valence electrons. The van der Waals surface area contributed by atoms with Gasteiger partial charge in [-0.2, -0.15) is 5.10 Å². The average Bonchev–Trinajstić information content (AvgIpc) is 2.81. The molecule has 1 heterocycles. The van der Waals surface area contributed by atoms with Gasteiger partial charge in [0.25, 0.3) is 0 Å². The molecule has 1 unspecified atom stereocenters. The van der Waals surface area contributed by atoms with Crippen LogP contribution in [0, 0.1) is 6.92 Å². The van der Waals surface area contributed by atoms with Crippen LogP contribution < -0.4 is 4.74 Å². The molecule has 0 aliphatic rings. The number of aliphatic hydroxyl groups is 1. The predicted molar refractivity (Wildman–Crippen MR) is 82.2 cm³/mol. The third kappa shape index (κ3) is 5.21. The van der Waals surface area contributed by atoms with Gasteiger partial charge in [-0.1, -0.05) is 12.1 Å². The number of benzene rings is 1. The number of aliphatic hydroxyl groups excluding tert-OH is 1. The molecule has 0 fully saturated rings. The number of hydrogen-bond acceptors (Lipinski definition) is 4. The molecule has 0 saturated heterocycles. The van der Waals surface area contributed by atoms with Crippen molar-refractivity contribution in [3.8, 4) is 5.75 Å². The van der Waals surface area contributed by atoms with Gasteiger partial charge in [0.05, 0.1) is 6.20 Å². The van der Waals surface area contributed by atoms with E-state index in [0.717, 1.165) is 23.4 Å². The molecular formula is C16H23N3O2.